The zero-order valence-corrected chi connectivity index (χ0v) is 9.42. The summed E-state index contributed by atoms with van der Waals surface area (Å²) in [6.45, 7) is 5.22. The van der Waals surface area contributed by atoms with Crippen molar-refractivity contribution in [2.24, 2.45) is 0 Å². The van der Waals surface area contributed by atoms with Crippen molar-refractivity contribution in [3.63, 3.8) is 0 Å². The Morgan fingerprint density at radius 2 is 2.60 bits per heavy atom. The quantitative estimate of drug-likeness (QED) is 0.802. The van der Waals surface area contributed by atoms with Gasteiger partial charge in [0.15, 0.2) is 0 Å². The molecule has 84 valence electrons. The normalized spacial score (nSPS) is 31.5. The lowest BCUT2D eigenvalue weighted by Gasteiger charge is -2.38. The van der Waals surface area contributed by atoms with Gasteiger partial charge in [-0.25, -0.2) is 0 Å². The van der Waals surface area contributed by atoms with Crippen LogP contribution in [-0.4, -0.2) is 28.4 Å². The van der Waals surface area contributed by atoms with E-state index in [1.807, 2.05) is 12.4 Å². The Kier molecular flexibility index (Phi) is 2.95. The van der Waals surface area contributed by atoms with E-state index in [0.29, 0.717) is 6.04 Å². The van der Waals surface area contributed by atoms with Gasteiger partial charge in [-0.2, -0.15) is 5.10 Å². The van der Waals surface area contributed by atoms with Gasteiger partial charge in [0.05, 0.1) is 17.5 Å². The molecular formula is C11H19N3O. The van der Waals surface area contributed by atoms with E-state index in [1.54, 1.807) is 0 Å². The molecule has 0 radical (unpaired) electrons. The number of nitrogens with zero attached hydrogens (tertiary/aromatic N) is 1. The van der Waals surface area contributed by atoms with Gasteiger partial charge >= 0.3 is 0 Å². The van der Waals surface area contributed by atoms with Gasteiger partial charge in [-0.15, -0.1) is 0 Å². The molecule has 4 nitrogen and oxygen atoms in total. The molecule has 1 saturated heterocycles. The zero-order chi connectivity index (χ0) is 10.7. The third-order valence-corrected chi connectivity index (χ3v) is 3.21. The minimum atomic E-state index is 0.0413. The first-order valence-corrected chi connectivity index (χ1v) is 5.61. The van der Waals surface area contributed by atoms with Crippen LogP contribution in [0.1, 0.15) is 33.1 Å². The van der Waals surface area contributed by atoms with Crippen molar-refractivity contribution in [1.82, 2.24) is 10.2 Å². The summed E-state index contributed by atoms with van der Waals surface area (Å²) in [5.41, 5.74) is 1.11. The molecule has 2 atom stereocenters. The molecule has 1 aromatic heterocycles. The lowest BCUT2D eigenvalue weighted by Crippen LogP contribution is -2.41. The molecule has 1 aromatic rings. The van der Waals surface area contributed by atoms with Crippen LogP contribution < -0.4 is 5.32 Å². The Bertz CT molecular complexity index is 299. The van der Waals surface area contributed by atoms with Crippen LogP contribution in [0.2, 0.25) is 0 Å². The van der Waals surface area contributed by atoms with Crippen molar-refractivity contribution in [3.8, 4) is 0 Å². The Morgan fingerprint density at radius 3 is 3.27 bits per heavy atom. The molecule has 1 aliphatic rings. The Morgan fingerprint density at radius 1 is 1.73 bits per heavy atom. The Balaban J connectivity index is 1.93. The largest absolute Gasteiger partial charge is 0.380 e. The van der Waals surface area contributed by atoms with E-state index in [0.717, 1.165) is 31.6 Å². The average molecular weight is 209 g/mol. The summed E-state index contributed by atoms with van der Waals surface area (Å²) in [4.78, 5) is 0. The molecule has 0 saturated carbocycles. The van der Waals surface area contributed by atoms with E-state index in [-0.39, 0.29) is 5.60 Å². The second-order valence-corrected chi connectivity index (χ2v) is 4.47. The van der Waals surface area contributed by atoms with Gasteiger partial charge in [0.25, 0.3) is 0 Å². The lowest BCUT2D eigenvalue weighted by molar-refractivity contribution is -0.0708. The topological polar surface area (TPSA) is 49.9 Å². The molecule has 1 fully saturated rings. The van der Waals surface area contributed by atoms with Gasteiger partial charge in [0, 0.05) is 18.8 Å². The number of aromatic amines is 1. The molecule has 4 heteroatoms. The summed E-state index contributed by atoms with van der Waals surface area (Å²) in [6, 6.07) is 0.501. The fourth-order valence-electron chi connectivity index (χ4n) is 2.06. The van der Waals surface area contributed by atoms with Crippen molar-refractivity contribution in [1.29, 1.82) is 0 Å². The molecule has 2 heterocycles. The predicted molar refractivity (Wildman–Crippen MR) is 59.9 cm³/mol. The van der Waals surface area contributed by atoms with Crippen molar-refractivity contribution in [3.05, 3.63) is 12.4 Å². The fraction of sp³-hybridized carbons (Fsp3) is 0.727. The number of hydrogen-bond donors (Lipinski definition) is 2. The monoisotopic (exact) mass is 209 g/mol. The van der Waals surface area contributed by atoms with Crippen LogP contribution in [0.4, 0.5) is 5.69 Å². The van der Waals surface area contributed by atoms with Gasteiger partial charge in [0.2, 0.25) is 0 Å². The smallest absolute Gasteiger partial charge is 0.0725 e. The van der Waals surface area contributed by atoms with Crippen LogP contribution in [0.15, 0.2) is 12.4 Å². The second kappa shape index (κ2) is 4.23. The molecule has 1 aliphatic heterocycles. The molecular weight excluding hydrogens is 190 g/mol. The van der Waals surface area contributed by atoms with E-state index in [2.05, 4.69) is 29.4 Å². The average Bonchev–Trinajstić information content (AvgIpc) is 2.71. The number of aromatic nitrogens is 2. The van der Waals surface area contributed by atoms with Crippen LogP contribution in [0.25, 0.3) is 0 Å². The van der Waals surface area contributed by atoms with Crippen LogP contribution in [-0.2, 0) is 4.74 Å². The zero-order valence-electron chi connectivity index (χ0n) is 9.42. The highest BCUT2D eigenvalue weighted by Gasteiger charge is 2.31. The van der Waals surface area contributed by atoms with Crippen LogP contribution in [0.3, 0.4) is 0 Å². The van der Waals surface area contributed by atoms with Gasteiger partial charge in [0.1, 0.15) is 0 Å². The Labute approximate surface area is 90.4 Å². The predicted octanol–water partition coefficient (Wildman–Crippen LogP) is 2.17. The highest BCUT2D eigenvalue weighted by molar-refractivity contribution is 5.38. The van der Waals surface area contributed by atoms with Gasteiger partial charge in [-0.05, 0) is 26.2 Å². The number of hydrogen-bond acceptors (Lipinski definition) is 3. The third-order valence-electron chi connectivity index (χ3n) is 3.21. The maximum Gasteiger partial charge on any atom is 0.0725 e. The molecule has 2 rings (SSSR count). The molecule has 2 N–H and O–H groups in total. The molecule has 0 bridgehead atoms. The first kappa shape index (κ1) is 10.5. The number of H-pyrrole nitrogens is 1. The van der Waals surface area contributed by atoms with Crippen molar-refractivity contribution >= 4 is 5.69 Å². The van der Waals surface area contributed by atoms with Gasteiger partial charge < -0.3 is 10.1 Å². The molecule has 0 aromatic carbocycles. The van der Waals surface area contributed by atoms with Crippen LogP contribution in [0, 0.1) is 0 Å². The summed E-state index contributed by atoms with van der Waals surface area (Å²) in [5.74, 6) is 0. The molecule has 15 heavy (non-hydrogen) atoms. The minimum absolute atomic E-state index is 0.0413. The van der Waals surface area contributed by atoms with Gasteiger partial charge in [-0.1, -0.05) is 6.92 Å². The van der Waals surface area contributed by atoms with E-state index in [9.17, 15) is 0 Å². The summed E-state index contributed by atoms with van der Waals surface area (Å²) >= 11 is 0. The highest BCUT2D eigenvalue weighted by Crippen LogP contribution is 2.29. The van der Waals surface area contributed by atoms with E-state index < -0.39 is 0 Å². The minimum Gasteiger partial charge on any atom is -0.380 e. The lowest BCUT2D eigenvalue weighted by atomic mass is 9.90. The molecule has 0 aliphatic carbocycles. The van der Waals surface area contributed by atoms with E-state index in [1.165, 1.54) is 0 Å². The maximum absolute atomic E-state index is 5.80. The first-order chi connectivity index (χ1) is 7.22. The third kappa shape index (κ3) is 2.50. The first-order valence-electron chi connectivity index (χ1n) is 5.61. The van der Waals surface area contributed by atoms with E-state index in [4.69, 9.17) is 4.74 Å². The van der Waals surface area contributed by atoms with Crippen LogP contribution in [0.5, 0.6) is 0 Å². The Hall–Kier alpha value is -1.03. The number of rotatable bonds is 3. The van der Waals surface area contributed by atoms with E-state index >= 15 is 0 Å². The van der Waals surface area contributed by atoms with Crippen molar-refractivity contribution < 1.29 is 4.74 Å². The van der Waals surface area contributed by atoms with Crippen molar-refractivity contribution in [2.75, 3.05) is 11.9 Å². The number of anilines is 1. The highest BCUT2D eigenvalue weighted by atomic mass is 16.5. The van der Waals surface area contributed by atoms with Crippen molar-refractivity contribution in [2.45, 2.75) is 44.8 Å². The van der Waals surface area contributed by atoms with Crippen LogP contribution >= 0.6 is 0 Å². The maximum atomic E-state index is 5.80. The summed E-state index contributed by atoms with van der Waals surface area (Å²) in [6.07, 6.45) is 6.91. The molecule has 0 spiro atoms. The summed E-state index contributed by atoms with van der Waals surface area (Å²) in [5, 5.41) is 10.2. The second-order valence-electron chi connectivity index (χ2n) is 4.47. The molecule has 0 amide bonds. The standard InChI is InChI=1S/C11H19N3O/c1-3-11(2)6-9(4-5-15-11)14-10-7-12-13-8-10/h7-9,14H,3-6H2,1-2H3,(H,12,13). The SMILES string of the molecule is CCC1(C)CC(Nc2cn[nH]c2)CCO1. The fourth-order valence-corrected chi connectivity index (χ4v) is 2.06. The molecule has 2 unspecified atom stereocenters. The van der Waals surface area contributed by atoms with Gasteiger partial charge in [-0.3, -0.25) is 5.10 Å². The summed E-state index contributed by atoms with van der Waals surface area (Å²) in [7, 11) is 0. The number of nitrogens with one attached hydrogen (secondary N) is 2. The number of ether oxygens (including phenoxy) is 1. The summed E-state index contributed by atoms with van der Waals surface area (Å²) < 4.78 is 5.80.